The fourth-order valence-electron chi connectivity index (χ4n) is 2.84. The molecule has 2 aromatic rings. The Morgan fingerprint density at radius 3 is 2.33 bits per heavy atom. The number of carbonyl (C=O) groups excluding carboxylic acids is 1. The molecule has 1 fully saturated rings. The van der Waals surface area contributed by atoms with Crippen LogP contribution in [0.25, 0.3) is 10.9 Å². The maximum Gasteiger partial charge on any atom is 0.260 e. The van der Waals surface area contributed by atoms with Crippen LogP contribution in [-0.4, -0.2) is 61.2 Å². The van der Waals surface area contributed by atoms with E-state index in [0.29, 0.717) is 54.5 Å². The number of amides is 1. The number of anilines is 1. The number of aromatic nitrogens is 2. The van der Waals surface area contributed by atoms with Crippen LogP contribution in [0.1, 0.15) is 6.92 Å². The van der Waals surface area contributed by atoms with Gasteiger partial charge in [-0.15, -0.1) is 0 Å². The van der Waals surface area contributed by atoms with Gasteiger partial charge < -0.3 is 19.3 Å². The predicted octanol–water partition coefficient (Wildman–Crippen LogP) is 0.609. The summed E-state index contributed by atoms with van der Waals surface area (Å²) in [6.07, 6.45) is 0. The van der Waals surface area contributed by atoms with Gasteiger partial charge in [-0.25, -0.2) is 4.98 Å². The van der Waals surface area contributed by atoms with E-state index >= 15 is 0 Å². The Bertz CT molecular complexity index is 825. The van der Waals surface area contributed by atoms with Crippen LogP contribution in [0, 0.1) is 0 Å². The number of H-pyrrole nitrogens is 1. The van der Waals surface area contributed by atoms with Crippen molar-refractivity contribution in [3.8, 4) is 11.5 Å². The number of methoxy groups -OCH3 is 2. The summed E-state index contributed by atoms with van der Waals surface area (Å²) in [7, 11) is 3.06. The highest BCUT2D eigenvalue weighted by Crippen LogP contribution is 2.30. The van der Waals surface area contributed by atoms with E-state index < -0.39 is 0 Å². The van der Waals surface area contributed by atoms with Gasteiger partial charge in [0.2, 0.25) is 11.9 Å². The second-order valence-electron chi connectivity index (χ2n) is 5.61. The van der Waals surface area contributed by atoms with Crippen molar-refractivity contribution >= 4 is 22.8 Å². The molecule has 8 heteroatoms. The molecular weight excluding hydrogens is 312 g/mol. The summed E-state index contributed by atoms with van der Waals surface area (Å²) < 4.78 is 10.5. The Labute approximate surface area is 139 Å². The molecule has 24 heavy (non-hydrogen) atoms. The maximum absolute atomic E-state index is 12.4. The average Bonchev–Trinajstić information content (AvgIpc) is 2.60. The normalized spacial score (nSPS) is 14.8. The summed E-state index contributed by atoms with van der Waals surface area (Å²) >= 11 is 0. The molecule has 2 heterocycles. The van der Waals surface area contributed by atoms with Crippen LogP contribution in [0.15, 0.2) is 16.9 Å². The van der Waals surface area contributed by atoms with Crippen LogP contribution in [0.4, 0.5) is 5.95 Å². The molecule has 128 valence electrons. The van der Waals surface area contributed by atoms with Crippen molar-refractivity contribution in [2.75, 3.05) is 45.3 Å². The summed E-state index contributed by atoms with van der Waals surface area (Å²) in [5.74, 6) is 1.57. The van der Waals surface area contributed by atoms with E-state index in [-0.39, 0.29) is 11.5 Å². The number of rotatable bonds is 3. The van der Waals surface area contributed by atoms with Crippen molar-refractivity contribution in [1.29, 1.82) is 0 Å². The molecular formula is C16H20N4O4. The van der Waals surface area contributed by atoms with Crippen LogP contribution in [0.5, 0.6) is 11.5 Å². The number of nitrogens with zero attached hydrogens (tertiary/aromatic N) is 3. The maximum atomic E-state index is 12.4. The van der Waals surface area contributed by atoms with E-state index in [1.54, 1.807) is 31.1 Å². The molecule has 0 unspecified atom stereocenters. The second kappa shape index (κ2) is 6.38. The molecule has 1 saturated heterocycles. The van der Waals surface area contributed by atoms with Gasteiger partial charge in [0.05, 0.1) is 25.1 Å². The molecule has 0 spiro atoms. The first-order valence-corrected chi connectivity index (χ1v) is 7.70. The Kier molecular flexibility index (Phi) is 4.28. The average molecular weight is 332 g/mol. The number of aromatic amines is 1. The van der Waals surface area contributed by atoms with Crippen LogP contribution in [-0.2, 0) is 4.79 Å². The summed E-state index contributed by atoms with van der Waals surface area (Å²) in [6, 6.07) is 3.32. The molecule has 1 aromatic carbocycles. The fourth-order valence-corrected chi connectivity index (χ4v) is 2.84. The van der Waals surface area contributed by atoms with E-state index in [9.17, 15) is 9.59 Å². The number of benzene rings is 1. The Morgan fingerprint density at radius 1 is 1.12 bits per heavy atom. The van der Waals surface area contributed by atoms with Gasteiger partial charge in [0.25, 0.3) is 5.56 Å². The number of carbonyl (C=O) groups is 1. The third-order valence-corrected chi connectivity index (χ3v) is 4.22. The molecule has 3 rings (SSSR count). The quantitative estimate of drug-likeness (QED) is 0.886. The van der Waals surface area contributed by atoms with Crippen LogP contribution in [0.2, 0.25) is 0 Å². The summed E-state index contributed by atoms with van der Waals surface area (Å²) in [5, 5.41) is 0.443. The zero-order valence-corrected chi connectivity index (χ0v) is 14.0. The molecule has 0 bridgehead atoms. The first kappa shape index (κ1) is 16.1. The van der Waals surface area contributed by atoms with Gasteiger partial charge in [-0.2, -0.15) is 0 Å². The molecule has 0 aliphatic carbocycles. The molecule has 1 amide bonds. The van der Waals surface area contributed by atoms with E-state index in [1.807, 2.05) is 4.90 Å². The second-order valence-corrected chi connectivity index (χ2v) is 5.61. The molecule has 0 radical (unpaired) electrons. The number of hydrogen-bond donors (Lipinski definition) is 1. The lowest BCUT2D eigenvalue weighted by atomic mass is 10.2. The zero-order chi connectivity index (χ0) is 17.3. The number of nitrogens with one attached hydrogen (secondary N) is 1. The van der Waals surface area contributed by atoms with Crippen LogP contribution >= 0.6 is 0 Å². The lowest BCUT2D eigenvalue weighted by Crippen LogP contribution is -2.48. The van der Waals surface area contributed by atoms with E-state index in [0.717, 1.165) is 0 Å². The number of fused-ring (bicyclic) bond motifs is 1. The van der Waals surface area contributed by atoms with Crippen LogP contribution in [0.3, 0.4) is 0 Å². The SMILES string of the molecule is COc1cc2nc(N3CCN(C(C)=O)CC3)[nH]c(=O)c2cc1OC. The lowest BCUT2D eigenvalue weighted by molar-refractivity contribution is -0.129. The Hall–Kier alpha value is -2.77. The van der Waals surface area contributed by atoms with Gasteiger partial charge in [0, 0.05) is 39.2 Å². The molecule has 0 atom stereocenters. The Morgan fingerprint density at radius 2 is 1.75 bits per heavy atom. The molecule has 0 saturated carbocycles. The van der Waals surface area contributed by atoms with Crippen molar-refractivity contribution in [1.82, 2.24) is 14.9 Å². The van der Waals surface area contributed by atoms with Crippen molar-refractivity contribution in [3.63, 3.8) is 0 Å². The Balaban J connectivity index is 1.96. The van der Waals surface area contributed by atoms with Gasteiger partial charge >= 0.3 is 0 Å². The van der Waals surface area contributed by atoms with Gasteiger partial charge in [-0.05, 0) is 6.07 Å². The van der Waals surface area contributed by atoms with Gasteiger partial charge in [0.15, 0.2) is 11.5 Å². The molecule has 1 aliphatic rings. The fraction of sp³-hybridized carbons (Fsp3) is 0.438. The minimum absolute atomic E-state index is 0.0615. The summed E-state index contributed by atoms with van der Waals surface area (Å²) in [4.78, 5) is 34.9. The third kappa shape index (κ3) is 2.86. The third-order valence-electron chi connectivity index (χ3n) is 4.22. The van der Waals surface area contributed by atoms with Crippen molar-refractivity contribution in [2.45, 2.75) is 6.92 Å². The van der Waals surface area contributed by atoms with Gasteiger partial charge in [-0.1, -0.05) is 0 Å². The minimum atomic E-state index is -0.232. The molecule has 1 N–H and O–H groups in total. The largest absolute Gasteiger partial charge is 0.493 e. The lowest BCUT2D eigenvalue weighted by Gasteiger charge is -2.34. The van der Waals surface area contributed by atoms with Crippen molar-refractivity contribution in [2.24, 2.45) is 0 Å². The first-order valence-electron chi connectivity index (χ1n) is 7.70. The minimum Gasteiger partial charge on any atom is -0.493 e. The first-order chi connectivity index (χ1) is 11.5. The molecule has 8 nitrogen and oxygen atoms in total. The monoisotopic (exact) mass is 332 g/mol. The highest BCUT2D eigenvalue weighted by Gasteiger charge is 2.21. The summed E-state index contributed by atoms with van der Waals surface area (Å²) in [5.41, 5.74) is 0.311. The van der Waals surface area contributed by atoms with Gasteiger partial charge in [0.1, 0.15) is 0 Å². The summed E-state index contributed by atoms with van der Waals surface area (Å²) in [6.45, 7) is 4.04. The number of ether oxygens (including phenoxy) is 2. The predicted molar refractivity (Wildman–Crippen MR) is 89.9 cm³/mol. The van der Waals surface area contributed by atoms with Crippen molar-refractivity contribution < 1.29 is 14.3 Å². The number of piperazine rings is 1. The number of hydrogen-bond acceptors (Lipinski definition) is 6. The van der Waals surface area contributed by atoms with E-state index in [2.05, 4.69) is 9.97 Å². The van der Waals surface area contributed by atoms with E-state index in [1.165, 1.54) is 7.11 Å². The zero-order valence-electron chi connectivity index (χ0n) is 14.0. The highest BCUT2D eigenvalue weighted by atomic mass is 16.5. The standard InChI is InChI=1S/C16H20N4O4/c1-10(21)19-4-6-20(7-5-19)16-17-12-9-14(24-3)13(23-2)8-11(12)15(22)18-16/h8-9H,4-7H2,1-3H3,(H,17,18,22). The topological polar surface area (TPSA) is 87.8 Å². The van der Waals surface area contributed by atoms with Gasteiger partial charge in [-0.3, -0.25) is 14.6 Å². The molecule has 1 aliphatic heterocycles. The van der Waals surface area contributed by atoms with E-state index in [4.69, 9.17) is 9.47 Å². The molecule has 1 aromatic heterocycles. The van der Waals surface area contributed by atoms with Crippen molar-refractivity contribution in [3.05, 3.63) is 22.5 Å². The highest BCUT2D eigenvalue weighted by molar-refractivity contribution is 5.82. The smallest absolute Gasteiger partial charge is 0.260 e. The van der Waals surface area contributed by atoms with Crippen LogP contribution < -0.4 is 19.9 Å².